The predicted octanol–water partition coefficient (Wildman–Crippen LogP) is 3.71. The van der Waals surface area contributed by atoms with E-state index in [1.165, 1.54) is 6.92 Å². The molecule has 0 radical (unpaired) electrons. The van der Waals surface area contributed by atoms with E-state index in [9.17, 15) is 19.5 Å². The molecule has 3 atom stereocenters. The minimum absolute atomic E-state index is 0.0265. The number of likely N-dealkylation sites (N-methyl/N-ethyl adjacent to an activating group) is 1. The van der Waals surface area contributed by atoms with Crippen LogP contribution in [0, 0.1) is 23.2 Å². The van der Waals surface area contributed by atoms with Crippen LogP contribution in [0.4, 0.5) is 0 Å². The summed E-state index contributed by atoms with van der Waals surface area (Å²) in [6, 6.07) is -1.07. The Balaban J connectivity index is 5.80. The second-order valence-electron chi connectivity index (χ2n) is 9.40. The first-order valence-electron chi connectivity index (χ1n) is 10.1. The maximum Gasteiger partial charge on any atom is 0.331 e. The quantitative estimate of drug-likeness (QED) is 0.582. The molecule has 0 bridgehead atoms. The molecule has 0 aromatic heterocycles. The van der Waals surface area contributed by atoms with Gasteiger partial charge in [0.15, 0.2) is 0 Å². The summed E-state index contributed by atoms with van der Waals surface area (Å²) in [6.45, 7) is 17.1. The van der Waals surface area contributed by atoms with E-state index >= 15 is 0 Å². The van der Waals surface area contributed by atoms with Crippen LogP contribution >= 0.6 is 0 Å². The number of rotatable bonds is 9. The molecule has 28 heavy (non-hydrogen) atoms. The Kier molecular flexibility index (Phi) is 9.93. The highest BCUT2D eigenvalue weighted by Crippen LogP contribution is 2.25. The summed E-state index contributed by atoms with van der Waals surface area (Å²) < 4.78 is 0. The van der Waals surface area contributed by atoms with E-state index in [0.717, 1.165) is 0 Å². The maximum atomic E-state index is 13.3. The Morgan fingerprint density at radius 2 is 1.57 bits per heavy atom. The van der Waals surface area contributed by atoms with Crippen LogP contribution in [0.3, 0.4) is 0 Å². The largest absolute Gasteiger partial charge is 0.478 e. The van der Waals surface area contributed by atoms with E-state index in [-0.39, 0.29) is 41.2 Å². The van der Waals surface area contributed by atoms with Gasteiger partial charge in [-0.1, -0.05) is 61.5 Å². The number of nitrogens with zero attached hydrogens (tertiary/aromatic N) is 1. The minimum atomic E-state index is -1.00. The number of carboxylic acids is 1. The molecule has 0 saturated heterocycles. The van der Waals surface area contributed by atoms with Crippen molar-refractivity contribution >= 4 is 17.8 Å². The standard InChI is InChI=1S/C22H40N2O4/c1-11-16(13(2)3)19(25)23-18(22(7,8)9)20(26)24(10)17(14(4)5)12-15(6)21(27)28/h12-14,16-18H,11H2,1-10H3,(H,23,25)(H,27,28)/b15-12+/t16-,17+,18+/m0/s1. The molecule has 2 N–H and O–H groups in total. The fourth-order valence-corrected chi connectivity index (χ4v) is 3.29. The zero-order chi connectivity index (χ0) is 22.4. The number of carbonyl (C=O) groups is 3. The first-order chi connectivity index (χ1) is 12.6. The van der Waals surface area contributed by atoms with Gasteiger partial charge in [-0.2, -0.15) is 0 Å². The summed E-state index contributed by atoms with van der Waals surface area (Å²) >= 11 is 0. The Morgan fingerprint density at radius 3 is 1.89 bits per heavy atom. The number of carboxylic acid groups (broad SMARTS) is 1. The third-order valence-electron chi connectivity index (χ3n) is 5.22. The average Bonchev–Trinajstić information content (AvgIpc) is 2.54. The van der Waals surface area contributed by atoms with Gasteiger partial charge in [0, 0.05) is 18.5 Å². The molecule has 0 heterocycles. The molecule has 6 heteroatoms. The fraction of sp³-hybridized carbons (Fsp3) is 0.773. The topological polar surface area (TPSA) is 86.7 Å². The number of hydrogen-bond acceptors (Lipinski definition) is 3. The van der Waals surface area contributed by atoms with Crippen LogP contribution in [0.15, 0.2) is 11.6 Å². The smallest absolute Gasteiger partial charge is 0.331 e. The SMILES string of the molecule is CC[C@H](C(=O)N[C@H](C(=O)N(C)[C@H](/C=C(\C)C(=O)O)C(C)C)C(C)(C)C)C(C)C. The summed E-state index contributed by atoms with van der Waals surface area (Å²) in [5, 5.41) is 12.2. The molecule has 0 aliphatic rings. The van der Waals surface area contributed by atoms with E-state index in [2.05, 4.69) is 5.32 Å². The highest BCUT2D eigenvalue weighted by molar-refractivity contribution is 5.90. The van der Waals surface area contributed by atoms with E-state index in [1.807, 2.05) is 55.4 Å². The third kappa shape index (κ3) is 7.28. The van der Waals surface area contributed by atoms with Gasteiger partial charge >= 0.3 is 5.97 Å². The molecule has 0 spiro atoms. The summed E-state index contributed by atoms with van der Waals surface area (Å²) in [5.74, 6) is -1.28. The van der Waals surface area contributed by atoms with Crippen LogP contribution < -0.4 is 5.32 Å². The summed E-state index contributed by atoms with van der Waals surface area (Å²) in [7, 11) is 1.67. The predicted molar refractivity (Wildman–Crippen MR) is 113 cm³/mol. The molecule has 2 amide bonds. The van der Waals surface area contributed by atoms with Crippen LogP contribution in [0.25, 0.3) is 0 Å². The van der Waals surface area contributed by atoms with Gasteiger partial charge in [0.05, 0.1) is 6.04 Å². The van der Waals surface area contributed by atoms with E-state index in [4.69, 9.17) is 0 Å². The zero-order valence-electron chi connectivity index (χ0n) is 19.3. The molecule has 0 aromatic rings. The first-order valence-corrected chi connectivity index (χ1v) is 10.1. The fourth-order valence-electron chi connectivity index (χ4n) is 3.29. The van der Waals surface area contributed by atoms with Gasteiger partial charge in [0.1, 0.15) is 6.04 Å². The number of hydrogen-bond donors (Lipinski definition) is 2. The van der Waals surface area contributed by atoms with Crippen LogP contribution in [0.5, 0.6) is 0 Å². The second kappa shape index (κ2) is 10.6. The lowest BCUT2D eigenvalue weighted by Gasteiger charge is -2.38. The van der Waals surface area contributed by atoms with Crippen LogP contribution in [0.2, 0.25) is 0 Å². The van der Waals surface area contributed by atoms with Crippen molar-refractivity contribution in [2.24, 2.45) is 23.2 Å². The molecule has 0 rings (SSSR count). The van der Waals surface area contributed by atoms with Crippen molar-refractivity contribution in [1.82, 2.24) is 10.2 Å². The minimum Gasteiger partial charge on any atom is -0.478 e. The summed E-state index contributed by atoms with van der Waals surface area (Å²) in [5.41, 5.74) is -0.288. The first kappa shape index (κ1) is 26.1. The molecule has 162 valence electrons. The lowest BCUT2D eigenvalue weighted by atomic mass is 9.84. The van der Waals surface area contributed by atoms with Gasteiger partial charge in [-0.05, 0) is 30.6 Å². The van der Waals surface area contributed by atoms with Crippen molar-refractivity contribution in [2.75, 3.05) is 7.05 Å². The summed E-state index contributed by atoms with van der Waals surface area (Å²) in [4.78, 5) is 38.9. The number of carbonyl (C=O) groups excluding carboxylic acids is 2. The third-order valence-corrected chi connectivity index (χ3v) is 5.22. The highest BCUT2D eigenvalue weighted by Gasteiger charge is 2.38. The lowest BCUT2D eigenvalue weighted by molar-refractivity contribution is -0.141. The Hall–Kier alpha value is -1.85. The van der Waals surface area contributed by atoms with Crippen molar-refractivity contribution in [3.63, 3.8) is 0 Å². The van der Waals surface area contributed by atoms with Crippen molar-refractivity contribution in [2.45, 2.75) is 80.8 Å². The van der Waals surface area contributed by atoms with Gasteiger partial charge in [-0.15, -0.1) is 0 Å². The Labute approximate surface area is 170 Å². The Morgan fingerprint density at radius 1 is 1.07 bits per heavy atom. The highest BCUT2D eigenvalue weighted by atomic mass is 16.4. The van der Waals surface area contributed by atoms with Crippen molar-refractivity contribution in [1.29, 1.82) is 0 Å². The van der Waals surface area contributed by atoms with Crippen LogP contribution in [-0.2, 0) is 14.4 Å². The van der Waals surface area contributed by atoms with Gasteiger partial charge in [0.2, 0.25) is 11.8 Å². The number of nitrogens with one attached hydrogen (secondary N) is 1. The Bertz CT molecular complexity index is 588. The molecule has 0 aliphatic carbocycles. The normalized spacial score (nSPS) is 15.9. The number of aliphatic carboxylic acids is 1. The van der Waals surface area contributed by atoms with E-state index < -0.39 is 17.4 Å². The average molecular weight is 397 g/mol. The molecule has 6 nitrogen and oxygen atoms in total. The van der Waals surface area contributed by atoms with Gasteiger partial charge < -0.3 is 15.3 Å². The number of amides is 2. The molecular formula is C22H40N2O4. The van der Waals surface area contributed by atoms with Crippen molar-refractivity contribution in [3.05, 3.63) is 11.6 Å². The maximum absolute atomic E-state index is 13.3. The van der Waals surface area contributed by atoms with E-state index in [0.29, 0.717) is 6.42 Å². The summed E-state index contributed by atoms with van der Waals surface area (Å²) in [6.07, 6.45) is 2.31. The lowest BCUT2D eigenvalue weighted by Crippen LogP contribution is -2.57. The van der Waals surface area contributed by atoms with Gasteiger partial charge in [-0.3, -0.25) is 9.59 Å². The molecule has 0 aliphatic heterocycles. The molecule has 0 fully saturated rings. The van der Waals surface area contributed by atoms with Gasteiger partial charge in [0.25, 0.3) is 0 Å². The zero-order valence-corrected chi connectivity index (χ0v) is 19.3. The van der Waals surface area contributed by atoms with Crippen molar-refractivity contribution in [3.8, 4) is 0 Å². The van der Waals surface area contributed by atoms with Crippen LogP contribution in [0.1, 0.15) is 68.7 Å². The van der Waals surface area contributed by atoms with Crippen LogP contribution in [-0.4, -0.2) is 46.9 Å². The molecular weight excluding hydrogens is 356 g/mol. The van der Waals surface area contributed by atoms with Crippen molar-refractivity contribution < 1.29 is 19.5 Å². The second-order valence-corrected chi connectivity index (χ2v) is 9.40. The van der Waals surface area contributed by atoms with E-state index in [1.54, 1.807) is 18.0 Å². The molecule has 0 aromatic carbocycles. The monoisotopic (exact) mass is 396 g/mol. The molecule has 0 saturated carbocycles. The molecule has 0 unspecified atom stereocenters. The van der Waals surface area contributed by atoms with Gasteiger partial charge in [-0.25, -0.2) is 4.79 Å².